The Hall–Kier alpha value is -2.29. The number of anilines is 1. The summed E-state index contributed by atoms with van der Waals surface area (Å²) in [6.07, 6.45) is 0. The summed E-state index contributed by atoms with van der Waals surface area (Å²) in [6, 6.07) is 14.2. The van der Waals surface area contributed by atoms with E-state index in [9.17, 15) is 4.79 Å². The molecule has 0 saturated heterocycles. The van der Waals surface area contributed by atoms with E-state index < -0.39 is 0 Å². The zero-order valence-corrected chi connectivity index (χ0v) is 20.1. The summed E-state index contributed by atoms with van der Waals surface area (Å²) in [5, 5.41) is 6.13. The van der Waals surface area contributed by atoms with Gasteiger partial charge in [0.25, 0.3) is 0 Å². The molecule has 158 valence electrons. The first-order valence-electron chi connectivity index (χ1n) is 9.42. The molecule has 0 bridgehead atoms. The molecule has 0 radical (unpaired) electrons. The van der Waals surface area contributed by atoms with Crippen molar-refractivity contribution in [3.8, 4) is 5.75 Å². The number of carbonyl (C=O) groups is 1. The second-order valence-electron chi connectivity index (χ2n) is 6.73. The minimum Gasteiger partial charge on any atom is -0.495 e. The average Bonchev–Trinajstić information content (AvgIpc) is 2.66. The Kier molecular flexibility index (Phi) is 10.5. The number of hydrogen-bond acceptors (Lipinski definition) is 3. The second-order valence-corrected chi connectivity index (χ2v) is 6.73. The molecule has 2 aromatic carbocycles. The number of methoxy groups -OCH3 is 1. The van der Waals surface area contributed by atoms with Gasteiger partial charge in [0.05, 0.1) is 19.3 Å². The van der Waals surface area contributed by atoms with Gasteiger partial charge >= 0.3 is 0 Å². The van der Waals surface area contributed by atoms with Crippen LogP contribution in [0.3, 0.4) is 0 Å². The lowest BCUT2D eigenvalue weighted by atomic mass is 10.1. The molecule has 6 nitrogen and oxygen atoms in total. The average molecular weight is 510 g/mol. The number of aliphatic imine (C=N–C) groups is 1. The van der Waals surface area contributed by atoms with Crippen LogP contribution in [0.5, 0.6) is 5.75 Å². The van der Waals surface area contributed by atoms with Gasteiger partial charge in [0.15, 0.2) is 5.96 Å². The number of nitrogens with one attached hydrogen (secondary N) is 2. The summed E-state index contributed by atoms with van der Waals surface area (Å²) < 4.78 is 5.31. The fourth-order valence-electron chi connectivity index (χ4n) is 2.82. The minimum absolute atomic E-state index is 0. The van der Waals surface area contributed by atoms with E-state index in [1.165, 1.54) is 18.1 Å². The lowest BCUT2D eigenvalue weighted by Crippen LogP contribution is -2.38. The third kappa shape index (κ3) is 7.92. The van der Waals surface area contributed by atoms with E-state index in [2.05, 4.69) is 53.6 Å². The van der Waals surface area contributed by atoms with Crippen molar-refractivity contribution in [3.63, 3.8) is 0 Å². The summed E-state index contributed by atoms with van der Waals surface area (Å²) in [7, 11) is 3.61. The van der Waals surface area contributed by atoms with Crippen LogP contribution in [0.2, 0.25) is 0 Å². The minimum atomic E-state index is -0.134. The highest BCUT2D eigenvalue weighted by atomic mass is 127. The van der Waals surface area contributed by atoms with Crippen LogP contribution in [0, 0.1) is 6.92 Å². The smallest absolute Gasteiger partial charge is 0.221 e. The molecule has 2 aromatic rings. The van der Waals surface area contributed by atoms with Gasteiger partial charge in [-0.15, -0.1) is 24.0 Å². The molecule has 0 aliphatic rings. The third-order valence-electron chi connectivity index (χ3n) is 4.22. The van der Waals surface area contributed by atoms with Crippen LogP contribution >= 0.6 is 24.0 Å². The van der Waals surface area contributed by atoms with Crippen molar-refractivity contribution < 1.29 is 9.53 Å². The summed E-state index contributed by atoms with van der Waals surface area (Å²) in [5.74, 6) is 1.33. The molecule has 2 N–H and O–H groups in total. The summed E-state index contributed by atoms with van der Waals surface area (Å²) >= 11 is 0. The zero-order chi connectivity index (χ0) is 20.5. The van der Waals surface area contributed by atoms with E-state index in [0.29, 0.717) is 18.0 Å². The fraction of sp³-hybridized carbons (Fsp3) is 0.364. The molecule has 0 heterocycles. The maximum atomic E-state index is 11.4. The van der Waals surface area contributed by atoms with Gasteiger partial charge in [-0.2, -0.15) is 0 Å². The second kappa shape index (κ2) is 12.3. The number of carbonyl (C=O) groups excluding carboxylic acids is 1. The highest BCUT2D eigenvalue weighted by molar-refractivity contribution is 14.0. The van der Waals surface area contributed by atoms with Crippen LogP contribution in [0.25, 0.3) is 0 Å². The molecule has 29 heavy (non-hydrogen) atoms. The van der Waals surface area contributed by atoms with Gasteiger partial charge in [0, 0.05) is 27.1 Å². The van der Waals surface area contributed by atoms with Gasteiger partial charge in [-0.05, 0) is 37.1 Å². The number of nitrogens with zero attached hydrogens (tertiary/aromatic N) is 2. The molecule has 0 saturated carbocycles. The lowest BCUT2D eigenvalue weighted by Gasteiger charge is -2.22. The predicted octanol–water partition coefficient (Wildman–Crippen LogP) is 4.18. The van der Waals surface area contributed by atoms with Crippen molar-refractivity contribution >= 4 is 41.5 Å². The summed E-state index contributed by atoms with van der Waals surface area (Å²) in [4.78, 5) is 18.3. The number of ether oxygens (including phenoxy) is 1. The lowest BCUT2D eigenvalue weighted by molar-refractivity contribution is -0.114. The molecule has 2 rings (SSSR count). The van der Waals surface area contributed by atoms with Crippen molar-refractivity contribution in [3.05, 3.63) is 59.2 Å². The Morgan fingerprint density at radius 2 is 1.79 bits per heavy atom. The highest BCUT2D eigenvalue weighted by Gasteiger charge is 2.09. The predicted molar refractivity (Wildman–Crippen MR) is 130 cm³/mol. The maximum Gasteiger partial charge on any atom is 0.221 e. The number of benzene rings is 2. The number of guanidine groups is 1. The van der Waals surface area contributed by atoms with E-state index in [-0.39, 0.29) is 29.9 Å². The molecule has 0 aromatic heterocycles. The Morgan fingerprint density at radius 3 is 2.38 bits per heavy atom. The molecule has 0 spiro atoms. The molecule has 1 amide bonds. The van der Waals surface area contributed by atoms with Crippen molar-refractivity contribution in [1.29, 1.82) is 0 Å². The third-order valence-corrected chi connectivity index (χ3v) is 4.22. The molecule has 0 fully saturated rings. The summed E-state index contributed by atoms with van der Waals surface area (Å²) in [5.41, 5.74) is 4.13. The molecular formula is C22H31IN4O2. The normalized spacial score (nSPS) is 10.7. The number of hydrogen-bond donors (Lipinski definition) is 2. The Morgan fingerprint density at radius 1 is 1.14 bits per heavy atom. The van der Waals surface area contributed by atoms with Gasteiger partial charge in [-0.3, -0.25) is 4.79 Å². The van der Waals surface area contributed by atoms with Crippen molar-refractivity contribution in [1.82, 2.24) is 10.2 Å². The van der Waals surface area contributed by atoms with Crippen molar-refractivity contribution in [2.75, 3.05) is 26.0 Å². The SMILES string of the molecule is CCNC(=NCc1ccc(OC)c(NC(C)=O)c1)N(C)Cc1ccc(C)cc1.I. The molecule has 7 heteroatoms. The Labute approximate surface area is 190 Å². The van der Waals surface area contributed by atoms with Crippen molar-refractivity contribution in [2.24, 2.45) is 4.99 Å². The van der Waals surface area contributed by atoms with Crippen LogP contribution in [-0.4, -0.2) is 37.5 Å². The number of rotatable bonds is 7. The topological polar surface area (TPSA) is 66.0 Å². The fourth-order valence-corrected chi connectivity index (χ4v) is 2.82. The van der Waals surface area contributed by atoms with Gasteiger partial charge in [0.1, 0.15) is 5.75 Å². The van der Waals surface area contributed by atoms with E-state index in [1.54, 1.807) is 7.11 Å². The Bertz CT molecular complexity index is 822. The number of aryl methyl sites for hydroxylation is 1. The monoisotopic (exact) mass is 510 g/mol. The maximum absolute atomic E-state index is 11.4. The van der Waals surface area contributed by atoms with Crippen LogP contribution in [0.4, 0.5) is 5.69 Å². The van der Waals surface area contributed by atoms with Gasteiger partial charge in [-0.1, -0.05) is 35.9 Å². The van der Waals surface area contributed by atoms with E-state index in [0.717, 1.165) is 24.6 Å². The standard InChI is InChI=1S/C22H30N4O2.HI/c1-6-23-22(26(4)15-18-9-7-16(2)8-10-18)24-14-19-11-12-21(28-5)20(13-19)25-17(3)27;/h7-13H,6,14-15H2,1-5H3,(H,23,24)(H,25,27);1H. The number of amides is 1. The van der Waals surface area contributed by atoms with Gasteiger partial charge in [0.2, 0.25) is 5.91 Å². The van der Waals surface area contributed by atoms with Crippen LogP contribution in [0.1, 0.15) is 30.5 Å². The van der Waals surface area contributed by atoms with E-state index >= 15 is 0 Å². The summed E-state index contributed by atoms with van der Waals surface area (Å²) in [6.45, 7) is 7.67. The molecule has 0 aliphatic heterocycles. The van der Waals surface area contributed by atoms with Gasteiger partial charge < -0.3 is 20.3 Å². The molecule has 0 aliphatic carbocycles. The van der Waals surface area contributed by atoms with E-state index in [4.69, 9.17) is 9.73 Å². The first-order valence-corrected chi connectivity index (χ1v) is 9.42. The van der Waals surface area contributed by atoms with E-state index in [1.807, 2.05) is 25.2 Å². The first-order chi connectivity index (χ1) is 13.4. The quantitative estimate of drug-likeness (QED) is 0.333. The molecule has 0 atom stereocenters. The van der Waals surface area contributed by atoms with Crippen molar-refractivity contribution in [2.45, 2.75) is 33.9 Å². The Balaban J connectivity index is 0.00000420. The largest absolute Gasteiger partial charge is 0.495 e. The number of halogens is 1. The van der Waals surface area contributed by atoms with Crippen LogP contribution < -0.4 is 15.4 Å². The van der Waals surface area contributed by atoms with Crippen LogP contribution in [0.15, 0.2) is 47.5 Å². The first kappa shape index (κ1) is 24.7. The molecule has 0 unspecified atom stereocenters. The zero-order valence-electron chi connectivity index (χ0n) is 17.8. The molecular weight excluding hydrogens is 479 g/mol. The highest BCUT2D eigenvalue weighted by Crippen LogP contribution is 2.25. The van der Waals surface area contributed by atoms with Gasteiger partial charge in [-0.25, -0.2) is 4.99 Å². The van der Waals surface area contributed by atoms with Crippen LogP contribution in [-0.2, 0) is 17.9 Å².